The van der Waals surface area contributed by atoms with Crippen molar-refractivity contribution in [2.45, 2.75) is 51.4 Å². The van der Waals surface area contributed by atoms with Crippen LogP contribution in [-0.4, -0.2) is 52.7 Å². The molecular formula is C33H37N3O5. The largest absolute Gasteiger partial charge is 0.444 e. The van der Waals surface area contributed by atoms with E-state index < -0.39 is 42.2 Å². The zero-order valence-corrected chi connectivity index (χ0v) is 23.7. The van der Waals surface area contributed by atoms with Gasteiger partial charge in [-0.25, -0.2) is 4.79 Å². The van der Waals surface area contributed by atoms with E-state index in [-0.39, 0.29) is 19.5 Å². The molecule has 3 aromatic carbocycles. The molecule has 3 rings (SSSR count). The zero-order valence-electron chi connectivity index (χ0n) is 23.7. The molecule has 0 heterocycles. The number of aliphatic hydroxyl groups is 1. The lowest BCUT2D eigenvalue weighted by atomic mass is 9.99. The van der Waals surface area contributed by atoms with Crippen molar-refractivity contribution < 1.29 is 24.2 Å². The van der Waals surface area contributed by atoms with Crippen LogP contribution in [0.3, 0.4) is 0 Å². The number of terminal acetylenes is 1. The maximum absolute atomic E-state index is 14.2. The third kappa shape index (κ3) is 9.52. The number of benzene rings is 3. The van der Waals surface area contributed by atoms with E-state index in [0.717, 1.165) is 11.1 Å². The molecule has 41 heavy (non-hydrogen) atoms. The zero-order chi connectivity index (χ0) is 29.8. The van der Waals surface area contributed by atoms with Crippen LogP contribution in [-0.2, 0) is 27.3 Å². The summed E-state index contributed by atoms with van der Waals surface area (Å²) in [6, 6.07) is 23.2. The van der Waals surface area contributed by atoms with Crippen LogP contribution in [0, 0.1) is 12.3 Å². The summed E-state index contributed by atoms with van der Waals surface area (Å²) in [6.45, 7) is 4.87. The lowest BCUT2D eigenvalue weighted by Gasteiger charge is -2.34. The number of carbonyl (C=O) groups is 3. The number of aliphatic hydroxyl groups excluding tert-OH is 1. The fourth-order valence-corrected chi connectivity index (χ4v) is 4.29. The van der Waals surface area contributed by atoms with E-state index >= 15 is 0 Å². The first-order valence-electron chi connectivity index (χ1n) is 13.4. The van der Waals surface area contributed by atoms with Gasteiger partial charge < -0.3 is 25.4 Å². The number of hydrogen-bond donors (Lipinski definition) is 3. The van der Waals surface area contributed by atoms with E-state index in [9.17, 15) is 19.5 Å². The van der Waals surface area contributed by atoms with E-state index in [1.165, 1.54) is 4.90 Å². The Hall–Kier alpha value is -4.61. The van der Waals surface area contributed by atoms with Gasteiger partial charge in [0.05, 0.1) is 6.61 Å². The number of rotatable bonds is 11. The van der Waals surface area contributed by atoms with Crippen LogP contribution < -0.4 is 10.6 Å². The maximum atomic E-state index is 14.2. The summed E-state index contributed by atoms with van der Waals surface area (Å²) < 4.78 is 5.43. The van der Waals surface area contributed by atoms with Crippen LogP contribution in [0.25, 0.3) is 0 Å². The minimum Gasteiger partial charge on any atom is -0.444 e. The van der Waals surface area contributed by atoms with Gasteiger partial charge in [0.1, 0.15) is 17.7 Å². The second-order valence-electron chi connectivity index (χ2n) is 10.5. The third-order valence-electron chi connectivity index (χ3n) is 6.16. The molecule has 0 bridgehead atoms. The summed E-state index contributed by atoms with van der Waals surface area (Å²) in [7, 11) is 0. The molecule has 0 aliphatic carbocycles. The van der Waals surface area contributed by atoms with Gasteiger partial charge in [-0.2, -0.15) is 0 Å². The van der Waals surface area contributed by atoms with Gasteiger partial charge in [-0.3, -0.25) is 9.59 Å². The van der Waals surface area contributed by atoms with Gasteiger partial charge in [-0.15, -0.1) is 6.42 Å². The minimum atomic E-state index is -1.11. The van der Waals surface area contributed by atoms with Gasteiger partial charge in [0.15, 0.2) is 0 Å². The molecule has 0 saturated heterocycles. The second-order valence-corrected chi connectivity index (χ2v) is 10.5. The van der Waals surface area contributed by atoms with Crippen LogP contribution in [0.1, 0.15) is 49.1 Å². The Morgan fingerprint density at radius 3 is 2.05 bits per heavy atom. The Labute approximate surface area is 241 Å². The average Bonchev–Trinajstić information content (AvgIpc) is 2.95. The van der Waals surface area contributed by atoms with Crippen molar-refractivity contribution >= 4 is 17.9 Å². The third-order valence-corrected chi connectivity index (χ3v) is 6.16. The van der Waals surface area contributed by atoms with Crippen molar-refractivity contribution in [2.24, 2.45) is 0 Å². The predicted octanol–water partition coefficient (Wildman–Crippen LogP) is 3.98. The molecule has 0 saturated carbocycles. The van der Waals surface area contributed by atoms with Gasteiger partial charge in [0.25, 0.3) is 0 Å². The molecule has 3 aromatic rings. The van der Waals surface area contributed by atoms with Crippen molar-refractivity contribution in [2.75, 3.05) is 13.2 Å². The van der Waals surface area contributed by atoms with E-state index in [1.54, 1.807) is 45.0 Å². The van der Waals surface area contributed by atoms with Crippen molar-refractivity contribution in [3.63, 3.8) is 0 Å². The Morgan fingerprint density at radius 2 is 1.51 bits per heavy atom. The summed E-state index contributed by atoms with van der Waals surface area (Å²) in [4.78, 5) is 42.0. The highest BCUT2D eigenvalue weighted by Crippen LogP contribution is 2.24. The van der Waals surface area contributed by atoms with Gasteiger partial charge >= 0.3 is 6.09 Å². The summed E-state index contributed by atoms with van der Waals surface area (Å²) in [5.41, 5.74) is 2.02. The van der Waals surface area contributed by atoms with E-state index in [1.807, 2.05) is 60.7 Å². The standard InChI is InChI=1S/C33H37N3O5/c1-5-24-16-18-27(19-17-24)29(30(38)34-23-26-14-10-7-11-15-26)36(20-21-37)31(39)28(22-25-12-8-6-9-13-25)35-32(40)41-33(2,3)4/h1,6-19,28-29,37H,20-23H2,2-4H3,(H,34,38)(H,35,40). The molecule has 0 aromatic heterocycles. The highest BCUT2D eigenvalue weighted by Gasteiger charge is 2.36. The number of hydrogen-bond acceptors (Lipinski definition) is 5. The first-order valence-corrected chi connectivity index (χ1v) is 13.4. The predicted molar refractivity (Wildman–Crippen MR) is 158 cm³/mol. The first-order chi connectivity index (χ1) is 19.6. The normalized spacial score (nSPS) is 12.4. The maximum Gasteiger partial charge on any atom is 0.408 e. The lowest BCUT2D eigenvalue weighted by molar-refractivity contribution is -0.143. The molecule has 0 aliphatic heterocycles. The van der Waals surface area contributed by atoms with Gasteiger partial charge in [-0.1, -0.05) is 78.7 Å². The van der Waals surface area contributed by atoms with E-state index in [2.05, 4.69) is 16.6 Å². The Balaban J connectivity index is 1.99. The topological polar surface area (TPSA) is 108 Å². The molecule has 8 nitrogen and oxygen atoms in total. The first kappa shape index (κ1) is 30.9. The van der Waals surface area contributed by atoms with Gasteiger partial charge in [0.2, 0.25) is 11.8 Å². The minimum absolute atomic E-state index is 0.148. The highest BCUT2D eigenvalue weighted by atomic mass is 16.6. The molecule has 2 atom stereocenters. The van der Waals surface area contributed by atoms with Crippen molar-refractivity contribution in [1.82, 2.24) is 15.5 Å². The number of alkyl carbamates (subject to hydrolysis) is 1. The Bertz CT molecular complexity index is 1330. The smallest absolute Gasteiger partial charge is 0.408 e. The Morgan fingerprint density at radius 1 is 0.927 bits per heavy atom. The number of nitrogens with one attached hydrogen (secondary N) is 2. The molecule has 0 radical (unpaired) electrons. The fraction of sp³-hybridized carbons (Fsp3) is 0.303. The number of carbonyl (C=O) groups excluding carboxylic acids is 3. The highest BCUT2D eigenvalue weighted by molar-refractivity contribution is 5.92. The van der Waals surface area contributed by atoms with Crippen LogP contribution in [0.15, 0.2) is 84.9 Å². The molecular weight excluding hydrogens is 518 g/mol. The van der Waals surface area contributed by atoms with E-state index in [0.29, 0.717) is 11.1 Å². The Kier molecular flexibility index (Phi) is 11.1. The lowest BCUT2D eigenvalue weighted by Crippen LogP contribution is -2.54. The second kappa shape index (κ2) is 14.7. The number of ether oxygens (including phenoxy) is 1. The number of amides is 3. The molecule has 0 fully saturated rings. The summed E-state index contributed by atoms with van der Waals surface area (Å²) in [5.74, 6) is 1.56. The fourth-order valence-electron chi connectivity index (χ4n) is 4.29. The van der Waals surface area contributed by atoms with Crippen LogP contribution in [0.2, 0.25) is 0 Å². The van der Waals surface area contributed by atoms with Crippen LogP contribution >= 0.6 is 0 Å². The molecule has 214 valence electrons. The number of nitrogens with zero attached hydrogens (tertiary/aromatic N) is 1. The quantitative estimate of drug-likeness (QED) is 0.310. The summed E-state index contributed by atoms with van der Waals surface area (Å²) in [6.07, 6.45) is 4.91. The van der Waals surface area contributed by atoms with Crippen molar-refractivity contribution in [3.8, 4) is 12.3 Å². The van der Waals surface area contributed by atoms with Gasteiger partial charge in [-0.05, 0) is 49.6 Å². The molecule has 0 aliphatic rings. The molecule has 3 N–H and O–H groups in total. The van der Waals surface area contributed by atoms with Crippen LogP contribution in [0.4, 0.5) is 4.79 Å². The summed E-state index contributed by atoms with van der Waals surface area (Å²) in [5, 5.41) is 15.6. The average molecular weight is 556 g/mol. The van der Waals surface area contributed by atoms with Gasteiger partial charge in [0, 0.05) is 25.1 Å². The SMILES string of the molecule is C#Cc1ccc(C(C(=O)NCc2ccccc2)N(CCO)C(=O)C(Cc2ccccc2)NC(=O)OC(C)(C)C)cc1. The van der Waals surface area contributed by atoms with Crippen molar-refractivity contribution in [1.29, 1.82) is 0 Å². The molecule has 2 unspecified atom stereocenters. The molecule has 8 heteroatoms. The van der Waals surface area contributed by atoms with E-state index in [4.69, 9.17) is 11.2 Å². The molecule has 3 amide bonds. The monoisotopic (exact) mass is 555 g/mol. The summed E-state index contributed by atoms with van der Waals surface area (Å²) >= 11 is 0. The van der Waals surface area contributed by atoms with Crippen LogP contribution in [0.5, 0.6) is 0 Å². The van der Waals surface area contributed by atoms with Crippen molar-refractivity contribution in [3.05, 3.63) is 107 Å². The molecule has 0 spiro atoms.